The van der Waals surface area contributed by atoms with Gasteiger partial charge in [0, 0.05) is 19.7 Å². The first-order chi connectivity index (χ1) is 26.6. The summed E-state index contributed by atoms with van der Waals surface area (Å²) in [6.07, 6.45) is 18.5. The Morgan fingerprint density at radius 3 is 2.05 bits per heavy atom. The second kappa shape index (κ2) is 19.3. The van der Waals surface area contributed by atoms with Crippen LogP contribution in [0, 0.1) is 0 Å². The zero-order valence-corrected chi connectivity index (χ0v) is 33.8. The van der Waals surface area contributed by atoms with Crippen LogP contribution in [0.5, 0.6) is 0 Å². The van der Waals surface area contributed by atoms with Crippen LogP contribution in [0.25, 0.3) is 5.52 Å². The maximum Gasteiger partial charge on any atom is 0.472 e. The Bertz CT molecular complexity index is 1690. The Hall–Kier alpha value is -2.45. The van der Waals surface area contributed by atoms with Gasteiger partial charge in [0.1, 0.15) is 35.8 Å². The fraction of sp³-hybridized carbons (Fsp3) is 0.707. The van der Waals surface area contributed by atoms with Gasteiger partial charge in [-0.1, -0.05) is 128 Å². The van der Waals surface area contributed by atoms with Gasteiger partial charge in [-0.15, -0.1) is 0 Å². The highest BCUT2D eigenvalue weighted by atomic mass is 31.2. The third kappa shape index (κ3) is 10.2. The lowest BCUT2D eigenvalue weighted by Crippen LogP contribution is -2.46. The van der Waals surface area contributed by atoms with Crippen molar-refractivity contribution in [3.05, 3.63) is 59.5 Å². The molecule has 13 nitrogen and oxygen atoms in total. The van der Waals surface area contributed by atoms with E-state index in [1.165, 1.54) is 112 Å². The molecule has 0 bridgehead atoms. The van der Waals surface area contributed by atoms with E-state index in [-0.39, 0.29) is 18.5 Å². The number of aromatic nitrogens is 3. The molecule has 2 unspecified atom stereocenters. The van der Waals surface area contributed by atoms with Gasteiger partial charge in [0.2, 0.25) is 0 Å². The van der Waals surface area contributed by atoms with Gasteiger partial charge in [0.05, 0.1) is 24.9 Å². The van der Waals surface area contributed by atoms with Crippen molar-refractivity contribution in [1.82, 2.24) is 19.5 Å². The standard InChI is InChI=1S/C41H64N5O8P/c1-3-4-5-6-7-8-9-10-11-12-13-14-15-16-17-20-25-51-28-33(45-26-31-21-18-19-22-32(31)27-45)29-52-55(49,50)54-37-36-41(37,48)39(47)40(2,53-36)35-24-23-34-38(42)43-30-44-46(34)35/h18-19,21-24,30,33,36-37,39,47-48H,3-17,20,25-29H2,1-2H3,(H,49,50)(H2,42,43,44)/t33-,36-,37?,39+,40+,41+/m1/s1. The summed E-state index contributed by atoms with van der Waals surface area (Å²) in [6.45, 7) is 6.08. The number of anilines is 1. The zero-order chi connectivity index (χ0) is 38.9. The van der Waals surface area contributed by atoms with Gasteiger partial charge in [0.15, 0.2) is 11.4 Å². The summed E-state index contributed by atoms with van der Waals surface area (Å²) in [6, 6.07) is 11.3. The molecule has 7 atom stereocenters. The van der Waals surface area contributed by atoms with Crippen molar-refractivity contribution in [2.45, 2.75) is 165 Å². The molecule has 0 amide bonds. The maximum absolute atomic E-state index is 13.3. The first kappa shape index (κ1) is 42.2. The molecule has 55 heavy (non-hydrogen) atoms. The van der Waals surface area contributed by atoms with Crippen molar-refractivity contribution in [3.8, 4) is 0 Å². The molecule has 4 heterocycles. The van der Waals surface area contributed by atoms with E-state index in [4.69, 9.17) is 24.3 Å². The third-order valence-corrected chi connectivity index (χ3v) is 12.9. The number of fused-ring (bicyclic) bond motifs is 3. The Balaban J connectivity index is 0.904. The molecule has 306 valence electrons. The lowest BCUT2D eigenvalue weighted by atomic mass is 9.91. The molecular formula is C41H64N5O8P. The number of nitrogens with zero attached hydrogens (tertiary/aromatic N) is 4. The molecule has 5 N–H and O–H groups in total. The SMILES string of the molecule is CCCCCCCCCCCCCCCCCCOC[C@H](COP(=O)(O)OC1[C@H]2O[C@@](C)(c3ccc4c(N)ncnn34)[C@H](O)[C@@]12O)N1Cc2ccccc2C1. The molecule has 2 aromatic heterocycles. The minimum absolute atomic E-state index is 0.116. The summed E-state index contributed by atoms with van der Waals surface area (Å²) >= 11 is 0. The Morgan fingerprint density at radius 1 is 0.909 bits per heavy atom. The Labute approximate surface area is 326 Å². The minimum Gasteiger partial charge on any atom is -0.386 e. The van der Waals surface area contributed by atoms with Gasteiger partial charge in [0.25, 0.3) is 0 Å². The van der Waals surface area contributed by atoms with E-state index >= 15 is 0 Å². The van der Waals surface area contributed by atoms with Crippen molar-refractivity contribution in [2.24, 2.45) is 0 Å². The number of ether oxygens (including phenoxy) is 2. The van der Waals surface area contributed by atoms with E-state index in [0.29, 0.717) is 37.5 Å². The first-order valence-electron chi connectivity index (χ1n) is 20.8. The number of phosphoric acid groups is 1. The van der Waals surface area contributed by atoms with E-state index in [1.807, 2.05) is 12.1 Å². The zero-order valence-electron chi connectivity index (χ0n) is 32.9. The van der Waals surface area contributed by atoms with E-state index < -0.39 is 37.3 Å². The van der Waals surface area contributed by atoms with Crippen molar-refractivity contribution >= 4 is 19.2 Å². The van der Waals surface area contributed by atoms with Crippen LogP contribution in [-0.2, 0) is 41.8 Å². The summed E-state index contributed by atoms with van der Waals surface area (Å²) < 4.78 is 38.1. The lowest BCUT2D eigenvalue weighted by molar-refractivity contribution is -0.126. The van der Waals surface area contributed by atoms with Crippen LogP contribution in [-0.4, -0.2) is 84.4 Å². The number of phosphoric ester groups is 1. The van der Waals surface area contributed by atoms with Gasteiger partial charge in [-0.2, -0.15) is 5.10 Å². The van der Waals surface area contributed by atoms with Crippen molar-refractivity contribution < 1.29 is 38.2 Å². The Morgan fingerprint density at radius 2 is 1.49 bits per heavy atom. The molecule has 1 aliphatic carbocycles. The van der Waals surface area contributed by atoms with Crippen LogP contribution in [0.3, 0.4) is 0 Å². The van der Waals surface area contributed by atoms with Gasteiger partial charge in [-0.3, -0.25) is 13.9 Å². The summed E-state index contributed by atoms with van der Waals surface area (Å²) in [5.41, 5.74) is 6.04. The molecule has 0 spiro atoms. The molecule has 1 saturated heterocycles. The molecular weight excluding hydrogens is 721 g/mol. The van der Waals surface area contributed by atoms with Crippen LogP contribution in [0.1, 0.15) is 133 Å². The molecule has 2 aliphatic heterocycles. The van der Waals surface area contributed by atoms with Gasteiger partial charge < -0.3 is 30.3 Å². The van der Waals surface area contributed by atoms with E-state index in [1.54, 1.807) is 19.1 Å². The Kier molecular flexibility index (Phi) is 14.8. The average Bonchev–Trinajstić information content (AvgIpc) is 3.59. The quantitative estimate of drug-likeness (QED) is 0.0477. The number of unbranched alkanes of at least 4 members (excludes halogenated alkanes) is 15. The highest BCUT2D eigenvalue weighted by Crippen LogP contribution is 2.63. The second-order valence-electron chi connectivity index (χ2n) is 16.1. The highest BCUT2D eigenvalue weighted by Gasteiger charge is 2.82. The minimum atomic E-state index is -4.68. The molecule has 1 aromatic carbocycles. The predicted molar refractivity (Wildman–Crippen MR) is 211 cm³/mol. The summed E-state index contributed by atoms with van der Waals surface area (Å²) in [7, 11) is -4.68. The number of aliphatic hydroxyl groups is 2. The van der Waals surface area contributed by atoms with Crippen molar-refractivity contribution in [1.29, 1.82) is 0 Å². The highest BCUT2D eigenvalue weighted by molar-refractivity contribution is 7.47. The second-order valence-corrected chi connectivity index (χ2v) is 17.5. The lowest BCUT2D eigenvalue weighted by Gasteiger charge is -2.32. The first-order valence-corrected chi connectivity index (χ1v) is 22.3. The summed E-state index contributed by atoms with van der Waals surface area (Å²) in [4.78, 5) is 17.0. The fourth-order valence-electron chi connectivity index (χ4n) is 8.44. The number of nitrogen functional groups attached to an aromatic ring is 1. The van der Waals surface area contributed by atoms with Crippen LogP contribution < -0.4 is 5.73 Å². The van der Waals surface area contributed by atoms with Gasteiger partial charge >= 0.3 is 7.82 Å². The van der Waals surface area contributed by atoms with E-state index in [2.05, 4.69) is 34.0 Å². The van der Waals surface area contributed by atoms with Crippen LogP contribution in [0.15, 0.2) is 42.7 Å². The van der Waals surface area contributed by atoms with Crippen molar-refractivity contribution in [3.63, 3.8) is 0 Å². The monoisotopic (exact) mass is 785 g/mol. The van der Waals surface area contributed by atoms with Gasteiger partial charge in [-0.25, -0.2) is 14.1 Å². The maximum atomic E-state index is 13.3. The molecule has 1 saturated carbocycles. The van der Waals surface area contributed by atoms with Gasteiger partial charge in [-0.05, 0) is 36.6 Å². The normalized spacial score (nSPS) is 26.3. The molecule has 3 aliphatic rings. The fourth-order valence-corrected chi connectivity index (χ4v) is 9.43. The molecule has 0 radical (unpaired) electrons. The molecule has 6 rings (SSSR count). The number of nitrogens with two attached hydrogens (primary N) is 1. The molecule has 2 fully saturated rings. The third-order valence-electron chi connectivity index (χ3n) is 11.9. The summed E-state index contributed by atoms with van der Waals surface area (Å²) in [5.74, 6) is 0.252. The number of rotatable bonds is 26. The largest absolute Gasteiger partial charge is 0.472 e. The molecule has 14 heteroatoms. The predicted octanol–water partition coefficient (Wildman–Crippen LogP) is 7.20. The van der Waals surface area contributed by atoms with E-state index in [9.17, 15) is 19.7 Å². The van der Waals surface area contributed by atoms with Crippen molar-refractivity contribution in [2.75, 3.05) is 25.6 Å². The average molecular weight is 786 g/mol. The van der Waals surface area contributed by atoms with Crippen LogP contribution in [0.2, 0.25) is 0 Å². The van der Waals surface area contributed by atoms with Crippen LogP contribution in [0.4, 0.5) is 5.82 Å². The summed E-state index contributed by atoms with van der Waals surface area (Å²) in [5, 5.41) is 27.0. The number of aliphatic hydroxyl groups excluding tert-OH is 1. The van der Waals surface area contributed by atoms with E-state index in [0.717, 1.165) is 12.8 Å². The topological polar surface area (TPSA) is 174 Å². The molecule has 3 aromatic rings. The number of hydrogen-bond acceptors (Lipinski definition) is 11. The smallest absolute Gasteiger partial charge is 0.386 e. The van der Waals surface area contributed by atoms with Crippen LogP contribution >= 0.6 is 7.82 Å². The number of hydrogen-bond donors (Lipinski definition) is 4. The number of benzene rings is 1.